The van der Waals surface area contributed by atoms with Crippen molar-refractivity contribution in [1.29, 1.82) is 0 Å². The lowest BCUT2D eigenvalue weighted by Gasteiger charge is -2.42. The number of amides is 1. The third kappa shape index (κ3) is 4.82. The number of ether oxygens (including phenoxy) is 2. The molecule has 0 aliphatic carbocycles. The minimum Gasteiger partial charge on any atom is -0.491 e. The lowest BCUT2D eigenvalue weighted by atomic mass is 10.0. The zero-order valence-corrected chi connectivity index (χ0v) is 15.0. The van der Waals surface area contributed by atoms with Gasteiger partial charge in [0.2, 0.25) is 5.91 Å². The van der Waals surface area contributed by atoms with Crippen LogP contribution in [0.5, 0.6) is 5.75 Å². The van der Waals surface area contributed by atoms with Gasteiger partial charge in [0.1, 0.15) is 18.5 Å². The molecule has 1 aromatic carbocycles. The highest BCUT2D eigenvalue weighted by molar-refractivity contribution is 5.78. The second-order valence-electron chi connectivity index (χ2n) is 7.12. The van der Waals surface area contributed by atoms with Crippen LogP contribution in [0, 0.1) is 6.92 Å². The first-order valence-electron chi connectivity index (χ1n) is 8.56. The highest BCUT2D eigenvalue weighted by Crippen LogP contribution is 2.22. The molecule has 1 N–H and O–H groups in total. The zero-order chi connectivity index (χ0) is 17.9. The van der Waals surface area contributed by atoms with Crippen LogP contribution in [-0.4, -0.2) is 52.4 Å². The van der Waals surface area contributed by atoms with E-state index < -0.39 is 5.60 Å². The number of hydrogen-bond donors (Lipinski definition) is 1. The van der Waals surface area contributed by atoms with E-state index in [-0.39, 0.29) is 12.0 Å². The van der Waals surface area contributed by atoms with Crippen LogP contribution in [0.2, 0.25) is 0 Å². The van der Waals surface area contributed by atoms with E-state index in [9.17, 15) is 4.79 Å². The maximum Gasteiger partial charge on any atom is 0.228 e. The molecule has 0 spiro atoms. The SMILES string of the molecule is Cc1cc(CC(=O)N2CC(COc3ccccc3)OC(C)(C)C2)n[nH]1. The van der Waals surface area contributed by atoms with Gasteiger partial charge in [0.25, 0.3) is 0 Å². The third-order valence-electron chi connectivity index (χ3n) is 4.10. The van der Waals surface area contributed by atoms with Crippen LogP contribution in [0.3, 0.4) is 0 Å². The molecule has 25 heavy (non-hydrogen) atoms. The molecular weight excluding hydrogens is 318 g/mol. The van der Waals surface area contributed by atoms with Crippen LogP contribution >= 0.6 is 0 Å². The van der Waals surface area contributed by atoms with Gasteiger partial charge in [-0.15, -0.1) is 0 Å². The molecule has 1 atom stereocenters. The third-order valence-corrected chi connectivity index (χ3v) is 4.10. The van der Waals surface area contributed by atoms with Crippen LogP contribution in [0.4, 0.5) is 0 Å². The highest BCUT2D eigenvalue weighted by atomic mass is 16.5. The number of rotatable bonds is 5. The molecule has 1 amide bonds. The Hall–Kier alpha value is -2.34. The van der Waals surface area contributed by atoms with Crippen LogP contribution in [-0.2, 0) is 16.0 Å². The Morgan fingerprint density at radius 2 is 2.16 bits per heavy atom. The summed E-state index contributed by atoms with van der Waals surface area (Å²) < 4.78 is 11.9. The average Bonchev–Trinajstić information content (AvgIpc) is 2.97. The summed E-state index contributed by atoms with van der Waals surface area (Å²) >= 11 is 0. The summed E-state index contributed by atoms with van der Waals surface area (Å²) in [5.41, 5.74) is 1.32. The fraction of sp³-hybridized carbons (Fsp3) is 0.474. The number of hydrogen-bond acceptors (Lipinski definition) is 4. The van der Waals surface area contributed by atoms with Gasteiger partial charge in [0.05, 0.1) is 24.3 Å². The van der Waals surface area contributed by atoms with Gasteiger partial charge >= 0.3 is 0 Å². The fourth-order valence-corrected chi connectivity index (χ4v) is 3.11. The number of nitrogens with zero attached hydrogens (tertiary/aromatic N) is 2. The van der Waals surface area contributed by atoms with E-state index in [2.05, 4.69) is 10.2 Å². The first kappa shape index (κ1) is 17.5. The minimum absolute atomic E-state index is 0.0626. The molecule has 134 valence electrons. The van der Waals surface area contributed by atoms with Crippen LogP contribution in [0.15, 0.2) is 36.4 Å². The van der Waals surface area contributed by atoms with Gasteiger partial charge in [-0.05, 0) is 39.0 Å². The van der Waals surface area contributed by atoms with Crippen molar-refractivity contribution in [3.8, 4) is 5.75 Å². The average molecular weight is 343 g/mol. The van der Waals surface area contributed by atoms with Crippen molar-refractivity contribution in [2.24, 2.45) is 0 Å². The van der Waals surface area contributed by atoms with E-state index in [4.69, 9.17) is 9.47 Å². The Morgan fingerprint density at radius 3 is 2.84 bits per heavy atom. The predicted octanol–water partition coefficient (Wildman–Crippen LogP) is 2.35. The largest absolute Gasteiger partial charge is 0.491 e. The van der Waals surface area contributed by atoms with E-state index >= 15 is 0 Å². The van der Waals surface area contributed by atoms with E-state index in [0.29, 0.717) is 26.1 Å². The number of aromatic amines is 1. The molecule has 1 fully saturated rings. The Kier molecular flexibility index (Phi) is 5.08. The van der Waals surface area contributed by atoms with Crippen molar-refractivity contribution in [1.82, 2.24) is 15.1 Å². The zero-order valence-electron chi connectivity index (χ0n) is 15.0. The summed E-state index contributed by atoms with van der Waals surface area (Å²) in [4.78, 5) is 14.5. The normalized spacial score (nSPS) is 19.6. The van der Waals surface area contributed by atoms with Crippen LogP contribution < -0.4 is 4.74 Å². The molecule has 1 aromatic heterocycles. The van der Waals surface area contributed by atoms with Crippen molar-refractivity contribution < 1.29 is 14.3 Å². The fourth-order valence-electron chi connectivity index (χ4n) is 3.11. The number of benzene rings is 1. The maximum absolute atomic E-state index is 12.7. The van der Waals surface area contributed by atoms with Gasteiger partial charge in [-0.3, -0.25) is 9.89 Å². The predicted molar refractivity (Wildman–Crippen MR) is 94.5 cm³/mol. The molecule has 3 rings (SSSR count). The number of aromatic nitrogens is 2. The molecule has 2 heterocycles. The maximum atomic E-state index is 12.7. The summed E-state index contributed by atoms with van der Waals surface area (Å²) in [6.45, 7) is 7.44. The van der Waals surface area contributed by atoms with Gasteiger partial charge in [-0.25, -0.2) is 0 Å². The molecule has 0 radical (unpaired) electrons. The number of para-hydroxylation sites is 1. The van der Waals surface area contributed by atoms with Crippen molar-refractivity contribution in [3.63, 3.8) is 0 Å². The summed E-state index contributed by atoms with van der Waals surface area (Å²) in [6, 6.07) is 11.5. The Morgan fingerprint density at radius 1 is 1.40 bits per heavy atom. The molecule has 6 heteroatoms. The minimum atomic E-state index is -0.403. The highest BCUT2D eigenvalue weighted by Gasteiger charge is 2.36. The first-order chi connectivity index (χ1) is 11.9. The summed E-state index contributed by atoms with van der Waals surface area (Å²) in [7, 11) is 0. The molecular formula is C19H25N3O3. The summed E-state index contributed by atoms with van der Waals surface area (Å²) in [5, 5.41) is 7.03. The number of carbonyl (C=O) groups is 1. The second kappa shape index (κ2) is 7.27. The van der Waals surface area contributed by atoms with E-state index in [1.54, 1.807) is 0 Å². The van der Waals surface area contributed by atoms with Gasteiger partial charge in [0.15, 0.2) is 0 Å². The van der Waals surface area contributed by atoms with Gasteiger partial charge in [-0.1, -0.05) is 18.2 Å². The lowest BCUT2D eigenvalue weighted by Crippen LogP contribution is -2.56. The van der Waals surface area contributed by atoms with Crippen molar-refractivity contribution in [2.75, 3.05) is 19.7 Å². The number of morpholine rings is 1. The molecule has 2 aromatic rings. The van der Waals surface area contributed by atoms with Crippen molar-refractivity contribution in [2.45, 2.75) is 38.9 Å². The second-order valence-corrected chi connectivity index (χ2v) is 7.12. The summed E-state index contributed by atoms with van der Waals surface area (Å²) in [5.74, 6) is 0.868. The number of aryl methyl sites for hydroxylation is 1. The summed E-state index contributed by atoms with van der Waals surface area (Å²) in [6.07, 6.45) is 0.140. The van der Waals surface area contributed by atoms with Gasteiger partial charge in [-0.2, -0.15) is 5.10 Å². The molecule has 6 nitrogen and oxygen atoms in total. The van der Waals surface area contributed by atoms with Crippen molar-refractivity contribution in [3.05, 3.63) is 47.8 Å². The molecule has 1 saturated heterocycles. The van der Waals surface area contributed by atoms with E-state index in [1.165, 1.54) is 0 Å². The molecule has 1 aliphatic rings. The Bertz CT molecular complexity index is 712. The van der Waals surface area contributed by atoms with Gasteiger partial charge in [0, 0.05) is 12.2 Å². The number of carbonyl (C=O) groups excluding carboxylic acids is 1. The topological polar surface area (TPSA) is 67.5 Å². The van der Waals surface area contributed by atoms with Crippen LogP contribution in [0.1, 0.15) is 25.2 Å². The van der Waals surface area contributed by atoms with E-state index in [0.717, 1.165) is 17.1 Å². The molecule has 1 unspecified atom stereocenters. The smallest absolute Gasteiger partial charge is 0.228 e. The van der Waals surface area contributed by atoms with Gasteiger partial charge < -0.3 is 14.4 Å². The Labute approximate surface area is 148 Å². The lowest BCUT2D eigenvalue weighted by molar-refractivity contribution is -0.165. The number of H-pyrrole nitrogens is 1. The monoisotopic (exact) mass is 343 g/mol. The Balaban J connectivity index is 1.60. The quantitative estimate of drug-likeness (QED) is 0.905. The van der Waals surface area contributed by atoms with Crippen LogP contribution in [0.25, 0.3) is 0 Å². The van der Waals surface area contributed by atoms with Crippen molar-refractivity contribution >= 4 is 5.91 Å². The first-order valence-corrected chi connectivity index (χ1v) is 8.56. The molecule has 0 saturated carbocycles. The van der Waals surface area contributed by atoms with E-state index in [1.807, 2.05) is 62.1 Å². The molecule has 1 aliphatic heterocycles. The standard InChI is InChI=1S/C19H25N3O3/c1-14-9-15(21-20-14)10-18(23)22-11-17(25-19(2,3)13-22)12-24-16-7-5-4-6-8-16/h4-9,17H,10-13H2,1-3H3,(H,20,21). The molecule has 0 bridgehead atoms. The number of nitrogens with one attached hydrogen (secondary N) is 1.